The summed E-state index contributed by atoms with van der Waals surface area (Å²) >= 11 is 1.63. The fourth-order valence-corrected chi connectivity index (χ4v) is 2.03. The zero-order valence-corrected chi connectivity index (χ0v) is 9.10. The van der Waals surface area contributed by atoms with Crippen LogP contribution in [0.2, 0.25) is 0 Å². The lowest BCUT2D eigenvalue weighted by atomic mass is 10.4. The van der Waals surface area contributed by atoms with Gasteiger partial charge in [-0.05, 0) is 12.8 Å². The summed E-state index contributed by atoms with van der Waals surface area (Å²) in [6.07, 6.45) is 2.30. The van der Waals surface area contributed by atoms with Crippen molar-refractivity contribution in [3.8, 4) is 0 Å². The standard InChI is InChI=1S/C9H17N3S/c1-3-5-12(6-4-2)9-11-8(10)7-13-9/h7H,3-6,10H2,1-2H3. The van der Waals surface area contributed by atoms with Crippen molar-refractivity contribution in [3.05, 3.63) is 5.38 Å². The highest BCUT2D eigenvalue weighted by Gasteiger charge is 2.07. The molecule has 0 amide bonds. The van der Waals surface area contributed by atoms with Crippen molar-refractivity contribution in [2.75, 3.05) is 23.7 Å². The van der Waals surface area contributed by atoms with Crippen molar-refractivity contribution in [2.24, 2.45) is 0 Å². The van der Waals surface area contributed by atoms with E-state index in [9.17, 15) is 0 Å². The predicted octanol–water partition coefficient (Wildman–Crippen LogP) is 2.35. The Balaban J connectivity index is 2.63. The van der Waals surface area contributed by atoms with Crippen LogP contribution in [0.5, 0.6) is 0 Å². The lowest BCUT2D eigenvalue weighted by molar-refractivity contribution is 0.742. The molecule has 1 aromatic heterocycles. The van der Waals surface area contributed by atoms with E-state index < -0.39 is 0 Å². The van der Waals surface area contributed by atoms with Crippen LogP contribution in [-0.4, -0.2) is 18.1 Å². The highest BCUT2D eigenvalue weighted by molar-refractivity contribution is 7.14. The van der Waals surface area contributed by atoms with Gasteiger partial charge in [-0.15, -0.1) is 11.3 Å². The van der Waals surface area contributed by atoms with Gasteiger partial charge in [0.05, 0.1) is 0 Å². The Labute approximate surface area is 83.6 Å². The quantitative estimate of drug-likeness (QED) is 0.791. The van der Waals surface area contributed by atoms with Crippen LogP contribution in [0.3, 0.4) is 0 Å². The van der Waals surface area contributed by atoms with Gasteiger partial charge in [0.2, 0.25) is 0 Å². The summed E-state index contributed by atoms with van der Waals surface area (Å²) in [5.74, 6) is 0.636. The minimum Gasteiger partial charge on any atom is -0.383 e. The fraction of sp³-hybridized carbons (Fsp3) is 0.667. The smallest absolute Gasteiger partial charge is 0.187 e. The topological polar surface area (TPSA) is 42.2 Å². The average Bonchev–Trinajstić information content (AvgIpc) is 2.51. The molecular formula is C9H17N3S. The Morgan fingerprint density at radius 2 is 2.00 bits per heavy atom. The molecule has 1 aromatic rings. The van der Waals surface area contributed by atoms with Crippen molar-refractivity contribution in [1.29, 1.82) is 0 Å². The minimum atomic E-state index is 0.636. The van der Waals surface area contributed by atoms with Gasteiger partial charge in [0.15, 0.2) is 5.13 Å². The van der Waals surface area contributed by atoms with E-state index in [1.165, 1.54) is 0 Å². The first-order chi connectivity index (χ1) is 6.27. The number of rotatable bonds is 5. The monoisotopic (exact) mass is 199 g/mol. The third-order valence-corrected chi connectivity index (χ3v) is 2.69. The minimum absolute atomic E-state index is 0.636. The van der Waals surface area contributed by atoms with Gasteiger partial charge in [0.25, 0.3) is 0 Å². The zero-order valence-electron chi connectivity index (χ0n) is 8.29. The van der Waals surface area contributed by atoms with Gasteiger partial charge in [-0.25, -0.2) is 4.98 Å². The van der Waals surface area contributed by atoms with Crippen molar-refractivity contribution in [2.45, 2.75) is 26.7 Å². The molecule has 2 N–H and O–H groups in total. The van der Waals surface area contributed by atoms with E-state index in [0.29, 0.717) is 5.82 Å². The molecule has 0 radical (unpaired) electrons. The molecule has 0 saturated carbocycles. The van der Waals surface area contributed by atoms with Gasteiger partial charge in [0, 0.05) is 18.5 Å². The lowest BCUT2D eigenvalue weighted by Gasteiger charge is -2.19. The van der Waals surface area contributed by atoms with Crippen molar-refractivity contribution >= 4 is 22.3 Å². The van der Waals surface area contributed by atoms with Crippen molar-refractivity contribution in [3.63, 3.8) is 0 Å². The first-order valence-corrected chi connectivity index (χ1v) is 5.61. The normalized spacial score (nSPS) is 10.3. The SMILES string of the molecule is CCCN(CCC)c1nc(N)cs1. The molecule has 0 fully saturated rings. The summed E-state index contributed by atoms with van der Waals surface area (Å²) < 4.78 is 0. The number of nitrogens with zero attached hydrogens (tertiary/aromatic N) is 2. The molecule has 0 aromatic carbocycles. The molecule has 0 unspecified atom stereocenters. The number of aromatic nitrogens is 1. The van der Waals surface area contributed by atoms with E-state index in [1.807, 2.05) is 5.38 Å². The second-order valence-corrected chi connectivity index (χ2v) is 3.88. The first-order valence-electron chi connectivity index (χ1n) is 4.73. The molecule has 0 saturated heterocycles. The molecule has 3 nitrogen and oxygen atoms in total. The number of nitrogen functional groups attached to an aromatic ring is 1. The Morgan fingerprint density at radius 3 is 2.38 bits per heavy atom. The summed E-state index contributed by atoms with van der Waals surface area (Å²) in [4.78, 5) is 6.56. The first kappa shape index (κ1) is 10.3. The Bertz CT molecular complexity index is 241. The molecule has 0 aliphatic heterocycles. The molecule has 4 heteroatoms. The summed E-state index contributed by atoms with van der Waals surface area (Å²) in [6, 6.07) is 0. The van der Waals surface area contributed by atoms with E-state index >= 15 is 0 Å². The van der Waals surface area contributed by atoms with Gasteiger partial charge >= 0.3 is 0 Å². The van der Waals surface area contributed by atoms with Crippen LogP contribution in [0, 0.1) is 0 Å². The summed E-state index contributed by atoms with van der Waals surface area (Å²) in [6.45, 7) is 6.50. The van der Waals surface area contributed by atoms with Crippen LogP contribution >= 0.6 is 11.3 Å². The second-order valence-electron chi connectivity index (χ2n) is 3.04. The molecule has 0 atom stereocenters. The van der Waals surface area contributed by atoms with Gasteiger partial charge in [-0.1, -0.05) is 13.8 Å². The molecular weight excluding hydrogens is 182 g/mol. The van der Waals surface area contributed by atoms with Gasteiger partial charge in [0.1, 0.15) is 5.82 Å². The van der Waals surface area contributed by atoms with Crippen LogP contribution in [0.1, 0.15) is 26.7 Å². The maximum absolute atomic E-state index is 5.58. The van der Waals surface area contributed by atoms with E-state index in [1.54, 1.807) is 11.3 Å². The zero-order chi connectivity index (χ0) is 9.68. The molecule has 0 aliphatic carbocycles. The largest absolute Gasteiger partial charge is 0.383 e. The summed E-state index contributed by atoms with van der Waals surface area (Å²) in [5, 5.41) is 2.95. The molecule has 1 rings (SSSR count). The molecule has 13 heavy (non-hydrogen) atoms. The lowest BCUT2D eigenvalue weighted by Crippen LogP contribution is -2.24. The number of thiazole rings is 1. The van der Waals surface area contributed by atoms with Gasteiger partial charge < -0.3 is 10.6 Å². The average molecular weight is 199 g/mol. The Kier molecular flexibility index (Phi) is 4.02. The van der Waals surface area contributed by atoms with Crippen LogP contribution in [0.4, 0.5) is 10.9 Å². The second kappa shape index (κ2) is 5.07. The van der Waals surface area contributed by atoms with Crippen molar-refractivity contribution in [1.82, 2.24) is 4.98 Å². The third-order valence-electron chi connectivity index (χ3n) is 1.77. The fourth-order valence-electron chi connectivity index (χ4n) is 1.26. The molecule has 0 bridgehead atoms. The van der Waals surface area contributed by atoms with Crippen LogP contribution < -0.4 is 10.6 Å². The Hall–Kier alpha value is -0.770. The van der Waals surface area contributed by atoms with Gasteiger partial charge in [-0.3, -0.25) is 0 Å². The molecule has 0 spiro atoms. The predicted molar refractivity (Wildman–Crippen MR) is 59.3 cm³/mol. The highest BCUT2D eigenvalue weighted by atomic mass is 32.1. The number of hydrogen-bond donors (Lipinski definition) is 1. The van der Waals surface area contributed by atoms with Crippen LogP contribution in [-0.2, 0) is 0 Å². The van der Waals surface area contributed by atoms with E-state index in [4.69, 9.17) is 5.73 Å². The van der Waals surface area contributed by atoms with E-state index in [0.717, 1.165) is 31.1 Å². The maximum Gasteiger partial charge on any atom is 0.187 e. The van der Waals surface area contributed by atoms with Crippen LogP contribution in [0.25, 0.3) is 0 Å². The number of anilines is 2. The summed E-state index contributed by atoms with van der Waals surface area (Å²) in [7, 11) is 0. The van der Waals surface area contributed by atoms with Gasteiger partial charge in [-0.2, -0.15) is 0 Å². The molecule has 74 valence electrons. The molecule has 1 heterocycles. The Morgan fingerprint density at radius 1 is 1.38 bits per heavy atom. The maximum atomic E-state index is 5.58. The van der Waals surface area contributed by atoms with Crippen molar-refractivity contribution < 1.29 is 0 Å². The number of nitrogens with two attached hydrogens (primary N) is 1. The van der Waals surface area contributed by atoms with Crippen LogP contribution in [0.15, 0.2) is 5.38 Å². The number of hydrogen-bond acceptors (Lipinski definition) is 4. The molecule has 0 aliphatic rings. The third kappa shape index (κ3) is 2.88. The van der Waals surface area contributed by atoms with E-state index in [-0.39, 0.29) is 0 Å². The summed E-state index contributed by atoms with van der Waals surface area (Å²) in [5.41, 5.74) is 5.58. The highest BCUT2D eigenvalue weighted by Crippen LogP contribution is 2.21. The van der Waals surface area contributed by atoms with E-state index in [2.05, 4.69) is 23.7 Å².